The van der Waals surface area contributed by atoms with Gasteiger partial charge < -0.3 is 10.2 Å². The Morgan fingerprint density at radius 2 is 1.82 bits per heavy atom. The summed E-state index contributed by atoms with van der Waals surface area (Å²) in [4.78, 5) is 2.52. The number of hydrogen-bond acceptors (Lipinski definition) is 2. The first-order chi connectivity index (χ1) is 8.15. The van der Waals surface area contributed by atoms with Crippen LogP contribution in [0.2, 0.25) is 0 Å². The summed E-state index contributed by atoms with van der Waals surface area (Å²) in [7, 11) is 0. The predicted molar refractivity (Wildman–Crippen MR) is 74.8 cm³/mol. The molecular weight excluding hydrogens is 208 g/mol. The molecule has 17 heavy (non-hydrogen) atoms. The van der Waals surface area contributed by atoms with Gasteiger partial charge in [0.1, 0.15) is 0 Å². The van der Waals surface area contributed by atoms with Crippen LogP contribution in [0, 0.1) is 13.8 Å². The van der Waals surface area contributed by atoms with Crippen molar-refractivity contribution in [3.63, 3.8) is 0 Å². The molecule has 0 amide bonds. The third kappa shape index (κ3) is 3.47. The molecule has 1 fully saturated rings. The zero-order valence-electron chi connectivity index (χ0n) is 11.3. The molecule has 0 bridgehead atoms. The first-order valence-corrected chi connectivity index (χ1v) is 6.72. The second-order valence-corrected chi connectivity index (χ2v) is 5.35. The standard InChI is InChI=1S/C15H24N2/c1-12-8-13(2)10-15(9-12)17-7-5-4-6-16-14(3)11-17/h8-10,14,16H,4-7,11H2,1-3H3. The van der Waals surface area contributed by atoms with E-state index >= 15 is 0 Å². The molecule has 1 aliphatic rings. The van der Waals surface area contributed by atoms with Gasteiger partial charge in [-0.15, -0.1) is 0 Å². The molecule has 1 saturated heterocycles. The minimum Gasteiger partial charge on any atom is -0.370 e. The van der Waals surface area contributed by atoms with Crippen molar-refractivity contribution in [2.75, 3.05) is 24.5 Å². The molecule has 1 heterocycles. The quantitative estimate of drug-likeness (QED) is 0.801. The number of hydrogen-bond donors (Lipinski definition) is 1. The van der Waals surface area contributed by atoms with Gasteiger partial charge in [0, 0.05) is 24.8 Å². The summed E-state index contributed by atoms with van der Waals surface area (Å²) in [6.07, 6.45) is 2.57. The molecule has 1 unspecified atom stereocenters. The third-order valence-electron chi connectivity index (χ3n) is 3.41. The molecule has 1 aromatic carbocycles. The van der Waals surface area contributed by atoms with Crippen LogP contribution in [-0.2, 0) is 0 Å². The molecular formula is C15H24N2. The summed E-state index contributed by atoms with van der Waals surface area (Å²) in [6.45, 7) is 10.1. The fourth-order valence-electron chi connectivity index (χ4n) is 2.63. The van der Waals surface area contributed by atoms with Crippen LogP contribution in [0.4, 0.5) is 5.69 Å². The Hall–Kier alpha value is -1.02. The van der Waals surface area contributed by atoms with Crippen molar-refractivity contribution in [3.05, 3.63) is 29.3 Å². The first-order valence-electron chi connectivity index (χ1n) is 6.72. The van der Waals surface area contributed by atoms with Crippen LogP contribution in [0.1, 0.15) is 30.9 Å². The molecule has 0 spiro atoms. The van der Waals surface area contributed by atoms with E-state index in [0.29, 0.717) is 6.04 Å². The maximum absolute atomic E-state index is 3.57. The molecule has 1 aromatic rings. The Balaban J connectivity index is 2.17. The molecule has 1 N–H and O–H groups in total. The average molecular weight is 232 g/mol. The lowest BCUT2D eigenvalue weighted by Crippen LogP contribution is -2.42. The van der Waals surface area contributed by atoms with E-state index in [-0.39, 0.29) is 0 Å². The molecule has 2 nitrogen and oxygen atoms in total. The van der Waals surface area contributed by atoms with E-state index in [9.17, 15) is 0 Å². The lowest BCUT2D eigenvalue weighted by Gasteiger charge is -2.31. The highest BCUT2D eigenvalue weighted by atomic mass is 15.2. The second-order valence-electron chi connectivity index (χ2n) is 5.35. The average Bonchev–Trinajstić information content (AvgIpc) is 2.21. The Morgan fingerprint density at radius 3 is 2.53 bits per heavy atom. The van der Waals surface area contributed by atoms with Gasteiger partial charge in [0.15, 0.2) is 0 Å². The van der Waals surface area contributed by atoms with Crippen LogP contribution < -0.4 is 10.2 Å². The van der Waals surface area contributed by atoms with Gasteiger partial charge >= 0.3 is 0 Å². The van der Waals surface area contributed by atoms with E-state index < -0.39 is 0 Å². The van der Waals surface area contributed by atoms with Crippen LogP contribution in [0.5, 0.6) is 0 Å². The molecule has 0 saturated carbocycles. The largest absolute Gasteiger partial charge is 0.370 e. The van der Waals surface area contributed by atoms with E-state index in [1.54, 1.807) is 0 Å². The first kappa shape index (κ1) is 12.4. The minimum absolute atomic E-state index is 0.580. The van der Waals surface area contributed by atoms with Gasteiger partial charge in [0.2, 0.25) is 0 Å². The van der Waals surface area contributed by atoms with E-state index in [0.717, 1.165) is 6.54 Å². The highest BCUT2D eigenvalue weighted by molar-refractivity contribution is 5.51. The summed E-state index contributed by atoms with van der Waals surface area (Å²) >= 11 is 0. The van der Waals surface area contributed by atoms with Crippen molar-refractivity contribution >= 4 is 5.69 Å². The number of benzene rings is 1. The number of rotatable bonds is 1. The molecule has 1 aliphatic heterocycles. The number of aryl methyl sites for hydroxylation is 2. The fraction of sp³-hybridized carbons (Fsp3) is 0.600. The van der Waals surface area contributed by atoms with Crippen molar-refractivity contribution in [2.24, 2.45) is 0 Å². The molecule has 94 valence electrons. The predicted octanol–water partition coefficient (Wildman–Crippen LogP) is 2.88. The van der Waals surface area contributed by atoms with E-state index in [2.05, 4.69) is 49.2 Å². The van der Waals surface area contributed by atoms with Crippen molar-refractivity contribution in [1.82, 2.24) is 5.32 Å². The summed E-state index contributed by atoms with van der Waals surface area (Å²) in [6, 6.07) is 7.44. The Kier molecular flexibility index (Phi) is 4.06. The summed E-state index contributed by atoms with van der Waals surface area (Å²) in [5.74, 6) is 0. The maximum Gasteiger partial charge on any atom is 0.0372 e. The molecule has 0 aromatic heterocycles. The minimum atomic E-state index is 0.580. The topological polar surface area (TPSA) is 15.3 Å². The molecule has 2 heteroatoms. The van der Waals surface area contributed by atoms with Crippen LogP contribution >= 0.6 is 0 Å². The third-order valence-corrected chi connectivity index (χ3v) is 3.41. The zero-order chi connectivity index (χ0) is 12.3. The number of anilines is 1. The van der Waals surface area contributed by atoms with E-state index in [1.807, 2.05) is 0 Å². The lowest BCUT2D eigenvalue weighted by molar-refractivity contribution is 0.485. The van der Waals surface area contributed by atoms with Gasteiger partial charge in [-0.2, -0.15) is 0 Å². The summed E-state index contributed by atoms with van der Waals surface area (Å²) < 4.78 is 0. The van der Waals surface area contributed by atoms with E-state index in [4.69, 9.17) is 0 Å². The van der Waals surface area contributed by atoms with Gasteiger partial charge in [-0.05, 0) is 63.4 Å². The SMILES string of the molecule is Cc1cc(C)cc(N2CCCCNC(C)C2)c1. The van der Waals surface area contributed by atoms with Crippen molar-refractivity contribution in [2.45, 2.75) is 39.7 Å². The van der Waals surface area contributed by atoms with Gasteiger partial charge in [0.25, 0.3) is 0 Å². The van der Waals surface area contributed by atoms with Crippen LogP contribution in [0.15, 0.2) is 18.2 Å². The maximum atomic E-state index is 3.57. The molecule has 0 aliphatic carbocycles. The highest BCUT2D eigenvalue weighted by Crippen LogP contribution is 2.20. The zero-order valence-corrected chi connectivity index (χ0v) is 11.3. The second kappa shape index (κ2) is 5.54. The number of nitrogens with one attached hydrogen (secondary N) is 1. The van der Waals surface area contributed by atoms with Gasteiger partial charge in [-0.25, -0.2) is 0 Å². The van der Waals surface area contributed by atoms with Crippen molar-refractivity contribution in [1.29, 1.82) is 0 Å². The van der Waals surface area contributed by atoms with Crippen LogP contribution in [-0.4, -0.2) is 25.7 Å². The smallest absolute Gasteiger partial charge is 0.0372 e. The monoisotopic (exact) mass is 232 g/mol. The van der Waals surface area contributed by atoms with E-state index in [1.165, 1.54) is 42.7 Å². The summed E-state index contributed by atoms with van der Waals surface area (Å²) in [5.41, 5.74) is 4.11. The van der Waals surface area contributed by atoms with Crippen LogP contribution in [0.25, 0.3) is 0 Å². The Labute approximate surface area is 105 Å². The van der Waals surface area contributed by atoms with Crippen molar-refractivity contribution in [3.8, 4) is 0 Å². The highest BCUT2D eigenvalue weighted by Gasteiger charge is 2.13. The van der Waals surface area contributed by atoms with Gasteiger partial charge in [-0.1, -0.05) is 6.07 Å². The fourth-order valence-corrected chi connectivity index (χ4v) is 2.63. The molecule has 1 atom stereocenters. The summed E-state index contributed by atoms with van der Waals surface area (Å²) in [5, 5.41) is 3.57. The Morgan fingerprint density at radius 1 is 1.12 bits per heavy atom. The molecule has 2 rings (SSSR count). The van der Waals surface area contributed by atoms with Crippen LogP contribution in [0.3, 0.4) is 0 Å². The van der Waals surface area contributed by atoms with Crippen molar-refractivity contribution < 1.29 is 0 Å². The lowest BCUT2D eigenvalue weighted by atomic mass is 10.1. The van der Waals surface area contributed by atoms with Gasteiger partial charge in [-0.3, -0.25) is 0 Å². The normalized spacial score (nSPS) is 22.1. The number of nitrogens with zero attached hydrogens (tertiary/aromatic N) is 1. The molecule has 0 radical (unpaired) electrons. The Bertz CT molecular complexity index is 353. The van der Waals surface area contributed by atoms with Gasteiger partial charge in [0.05, 0.1) is 0 Å².